The van der Waals surface area contributed by atoms with Gasteiger partial charge in [-0.3, -0.25) is 4.90 Å². The van der Waals surface area contributed by atoms with Gasteiger partial charge in [0.05, 0.1) is 19.3 Å². The lowest BCUT2D eigenvalue weighted by atomic mass is 9.67. The SMILES string of the molecule is C=CC(=O)OCCc1ccccc1C1C(O)CC(C)(C)N(CCO)C1(C)C. The minimum Gasteiger partial charge on any atom is -0.462 e. The number of likely N-dealkylation sites (tertiary alicyclic amines) is 1. The summed E-state index contributed by atoms with van der Waals surface area (Å²) in [6, 6.07) is 8.02. The molecule has 0 bridgehead atoms. The minimum atomic E-state index is -0.498. The van der Waals surface area contributed by atoms with Crippen LogP contribution in [0.1, 0.15) is 51.2 Å². The molecule has 0 saturated carbocycles. The third-order valence-corrected chi connectivity index (χ3v) is 5.78. The van der Waals surface area contributed by atoms with Gasteiger partial charge in [-0.2, -0.15) is 0 Å². The topological polar surface area (TPSA) is 70.0 Å². The molecule has 1 aromatic carbocycles. The Balaban J connectivity index is 2.35. The molecule has 2 rings (SSSR count). The van der Waals surface area contributed by atoms with E-state index < -0.39 is 12.1 Å². The standard InChI is InChI=1S/C22H33NO4/c1-6-19(26)27-14-11-16-9-7-8-10-17(16)20-18(25)15-21(2,3)23(12-13-24)22(20,4)5/h6-10,18,20,24-25H,1,11-15H2,2-5H3. The predicted octanol–water partition coefficient (Wildman–Crippen LogP) is 2.66. The van der Waals surface area contributed by atoms with Crippen molar-refractivity contribution in [1.29, 1.82) is 0 Å². The fraction of sp³-hybridized carbons (Fsp3) is 0.591. The molecule has 1 aliphatic heterocycles. The van der Waals surface area contributed by atoms with E-state index in [0.717, 1.165) is 17.2 Å². The Hall–Kier alpha value is -1.69. The van der Waals surface area contributed by atoms with Crippen LogP contribution in [0.4, 0.5) is 0 Å². The number of β-amino-alcohol motifs (C(OH)–C–C–N with tert-alkyl or cyclic N) is 1. The van der Waals surface area contributed by atoms with E-state index in [1.54, 1.807) is 0 Å². The molecule has 5 heteroatoms. The number of esters is 1. The summed E-state index contributed by atoms with van der Waals surface area (Å²) in [7, 11) is 0. The van der Waals surface area contributed by atoms with Gasteiger partial charge in [0.1, 0.15) is 0 Å². The van der Waals surface area contributed by atoms with Gasteiger partial charge in [0.15, 0.2) is 0 Å². The van der Waals surface area contributed by atoms with E-state index >= 15 is 0 Å². The molecule has 1 saturated heterocycles. The third kappa shape index (κ3) is 4.60. The van der Waals surface area contributed by atoms with Crippen molar-refractivity contribution < 1.29 is 19.7 Å². The van der Waals surface area contributed by atoms with Crippen LogP contribution in [0.15, 0.2) is 36.9 Å². The van der Waals surface area contributed by atoms with Crippen LogP contribution in [0, 0.1) is 0 Å². The monoisotopic (exact) mass is 375 g/mol. The first-order valence-electron chi connectivity index (χ1n) is 9.59. The number of ether oxygens (including phenoxy) is 1. The zero-order chi connectivity index (χ0) is 20.2. The number of carbonyl (C=O) groups excluding carboxylic acids is 1. The summed E-state index contributed by atoms with van der Waals surface area (Å²) in [5.41, 5.74) is 1.58. The zero-order valence-corrected chi connectivity index (χ0v) is 16.9. The molecule has 2 N–H and O–H groups in total. The molecule has 150 valence electrons. The average molecular weight is 376 g/mol. The third-order valence-electron chi connectivity index (χ3n) is 5.78. The first kappa shape index (κ1) is 21.6. The molecule has 0 aromatic heterocycles. The van der Waals surface area contributed by atoms with Crippen molar-refractivity contribution in [2.75, 3.05) is 19.8 Å². The van der Waals surface area contributed by atoms with Crippen molar-refractivity contribution in [2.45, 2.75) is 63.6 Å². The molecule has 0 aliphatic carbocycles. The number of piperidine rings is 1. The lowest BCUT2D eigenvalue weighted by molar-refractivity contribution is -0.137. The maximum Gasteiger partial charge on any atom is 0.330 e. The number of aliphatic hydroxyl groups excluding tert-OH is 2. The fourth-order valence-corrected chi connectivity index (χ4v) is 4.82. The average Bonchev–Trinajstić information content (AvgIpc) is 2.59. The minimum absolute atomic E-state index is 0.0782. The van der Waals surface area contributed by atoms with Crippen LogP contribution in [0.25, 0.3) is 0 Å². The van der Waals surface area contributed by atoms with Crippen LogP contribution in [0.3, 0.4) is 0 Å². The predicted molar refractivity (Wildman–Crippen MR) is 107 cm³/mol. The molecule has 1 heterocycles. The molecular weight excluding hydrogens is 342 g/mol. The number of benzene rings is 1. The summed E-state index contributed by atoms with van der Waals surface area (Å²) in [5.74, 6) is -0.537. The van der Waals surface area contributed by atoms with E-state index in [9.17, 15) is 15.0 Å². The molecule has 1 aliphatic rings. The number of nitrogens with zero attached hydrogens (tertiary/aromatic N) is 1. The highest BCUT2D eigenvalue weighted by molar-refractivity contribution is 5.81. The summed E-state index contributed by atoms with van der Waals surface area (Å²) in [5, 5.41) is 20.7. The quantitative estimate of drug-likeness (QED) is 0.566. The van der Waals surface area contributed by atoms with Gasteiger partial charge in [0.25, 0.3) is 0 Å². The first-order chi connectivity index (χ1) is 12.6. The lowest BCUT2D eigenvalue weighted by Crippen LogP contribution is -2.66. The number of rotatable bonds is 7. The Morgan fingerprint density at radius 3 is 2.63 bits per heavy atom. The van der Waals surface area contributed by atoms with Crippen molar-refractivity contribution in [1.82, 2.24) is 4.90 Å². The molecule has 0 amide bonds. The summed E-state index contributed by atoms with van der Waals surface area (Å²) in [4.78, 5) is 13.6. The highest BCUT2D eigenvalue weighted by Crippen LogP contribution is 2.47. The van der Waals surface area contributed by atoms with Crippen molar-refractivity contribution in [2.24, 2.45) is 0 Å². The molecule has 2 atom stereocenters. The Bertz CT molecular complexity index is 668. The van der Waals surface area contributed by atoms with Crippen molar-refractivity contribution in [3.8, 4) is 0 Å². The van der Waals surface area contributed by atoms with Gasteiger partial charge < -0.3 is 14.9 Å². The van der Waals surface area contributed by atoms with Crippen LogP contribution in [0.5, 0.6) is 0 Å². The maximum absolute atomic E-state index is 11.3. The first-order valence-corrected chi connectivity index (χ1v) is 9.59. The van der Waals surface area contributed by atoms with E-state index in [-0.39, 0.29) is 30.2 Å². The lowest BCUT2D eigenvalue weighted by Gasteiger charge is -2.58. The second-order valence-electron chi connectivity index (χ2n) is 8.41. The Morgan fingerprint density at radius 2 is 2.00 bits per heavy atom. The summed E-state index contributed by atoms with van der Waals surface area (Å²) in [6.07, 6.45) is 1.87. The van der Waals surface area contributed by atoms with E-state index in [0.29, 0.717) is 19.4 Å². The fourth-order valence-electron chi connectivity index (χ4n) is 4.82. The van der Waals surface area contributed by atoms with Crippen molar-refractivity contribution in [3.63, 3.8) is 0 Å². The molecule has 1 fully saturated rings. The smallest absolute Gasteiger partial charge is 0.330 e. The van der Waals surface area contributed by atoms with Gasteiger partial charge in [-0.25, -0.2) is 4.79 Å². The van der Waals surface area contributed by atoms with Gasteiger partial charge >= 0.3 is 5.97 Å². The normalized spacial score (nSPS) is 24.4. The second kappa shape index (κ2) is 8.55. The molecule has 5 nitrogen and oxygen atoms in total. The summed E-state index contributed by atoms with van der Waals surface area (Å²) < 4.78 is 5.15. The van der Waals surface area contributed by atoms with E-state index in [1.165, 1.54) is 0 Å². The Labute approximate surface area is 162 Å². The van der Waals surface area contributed by atoms with Crippen LogP contribution < -0.4 is 0 Å². The zero-order valence-electron chi connectivity index (χ0n) is 16.9. The highest BCUT2D eigenvalue weighted by Gasteiger charge is 2.51. The van der Waals surface area contributed by atoms with Gasteiger partial charge in [-0.1, -0.05) is 30.8 Å². The van der Waals surface area contributed by atoms with Crippen LogP contribution in [-0.4, -0.2) is 58.0 Å². The second-order valence-corrected chi connectivity index (χ2v) is 8.41. The summed E-state index contributed by atoms with van der Waals surface area (Å²) in [6.45, 7) is 12.8. The van der Waals surface area contributed by atoms with Gasteiger partial charge in [0, 0.05) is 36.0 Å². The van der Waals surface area contributed by atoms with Gasteiger partial charge in [0.2, 0.25) is 0 Å². The van der Waals surface area contributed by atoms with E-state index in [2.05, 4.69) is 45.2 Å². The largest absolute Gasteiger partial charge is 0.462 e. The van der Waals surface area contributed by atoms with E-state index in [4.69, 9.17) is 4.74 Å². The number of aliphatic hydroxyl groups is 2. The van der Waals surface area contributed by atoms with Crippen LogP contribution in [0.2, 0.25) is 0 Å². The Kier molecular flexibility index (Phi) is 6.84. The number of carbonyl (C=O) groups is 1. The van der Waals surface area contributed by atoms with E-state index in [1.807, 2.05) is 18.2 Å². The highest BCUT2D eigenvalue weighted by atomic mass is 16.5. The molecule has 0 radical (unpaired) electrons. The molecule has 27 heavy (non-hydrogen) atoms. The number of hydrogen-bond acceptors (Lipinski definition) is 5. The Morgan fingerprint density at radius 1 is 1.33 bits per heavy atom. The van der Waals surface area contributed by atoms with Crippen LogP contribution >= 0.6 is 0 Å². The van der Waals surface area contributed by atoms with Crippen LogP contribution in [-0.2, 0) is 16.0 Å². The number of hydrogen-bond donors (Lipinski definition) is 2. The molecule has 1 aromatic rings. The maximum atomic E-state index is 11.3. The molecular formula is C22H33NO4. The van der Waals surface area contributed by atoms with Crippen molar-refractivity contribution in [3.05, 3.63) is 48.0 Å². The molecule has 0 spiro atoms. The van der Waals surface area contributed by atoms with Crippen molar-refractivity contribution >= 4 is 5.97 Å². The van der Waals surface area contributed by atoms with Gasteiger partial charge in [-0.05, 0) is 45.2 Å². The summed E-state index contributed by atoms with van der Waals surface area (Å²) >= 11 is 0. The van der Waals surface area contributed by atoms with Gasteiger partial charge in [-0.15, -0.1) is 0 Å². The molecule has 2 unspecified atom stereocenters.